The predicted octanol–water partition coefficient (Wildman–Crippen LogP) is 3.80. The Hall–Kier alpha value is -2.68. The zero-order valence-electron chi connectivity index (χ0n) is 15.0. The fourth-order valence-corrected chi connectivity index (χ4v) is 4.74. The van der Waals surface area contributed by atoms with Crippen molar-refractivity contribution in [3.8, 4) is 6.07 Å². The Morgan fingerprint density at radius 1 is 1.41 bits per heavy atom. The zero-order chi connectivity index (χ0) is 20.6. The summed E-state index contributed by atoms with van der Waals surface area (Å²) in [5.74, 6) is -3.06. The van der Waals surface area contributed by atoms with E-state index in [-0.39, 0.29) is 12.2 Å². The molecular weight excluding hydrogens is 418 g/mol. The van der Waals surface area contributed by atoms with Gasteiger partial charge in [0.1, 0.15) is 27.1 Å². The number of amides is 1. The van der Waals surface area contributed by atoms with Gasteiger partial charge in [-0.15, -0.1) is 22.7 Å². The monoisotopic (exact) mass is 434 g/mol. The standard InChI is InChI=1S/C18H16F2N6OS2/c19-18(20)4-1-2-11(15(18)22)24-13-7-23-17-14(26-13)9(8-29-17)16(27)25-10-3-5-28-12(10)6-21/h3,5,7-8,11,15H,1-2,4,22H2,(H,24,26)(H,25,27)/t11-,15-/m1/s1. The van der Waals surface area contributed by atoms with Gasteiger partial charge in [-0.1, -0.05) is 0 Å². The molecule has 0 spiro atoms. The highest BCUT2D eigenvalue weighted by Crippen LogP contribution is 2.34. The lowest BCUT2D eigenvalue weighted by Gasteiger charge is -2.36. The predicted molar refractivity (Wildman–Crippen MR) is 109 cm³/mol. The highest BCUT2D eigenvalue weighted by molar-refractivity contribution is 7.17. The highest BCUT2D eigenvalue weighted by Gasteiger charge is 2.44. The molecule has 3 aromatic heterocycles. The van der Waals surface area contributed by atoms with Gasteiger partial charge in [-0.2, -0.15) is 5.26 Å². The molecule has 0 unspecified atom stereocenters. The molecule has 29 heavy (non-hydrogen) atoms. The summed E-state index contributed by atoms with van der Waals surface area (Å²) in [6, 6.07) is 1.72. The Bertz CT molecular complexity index is 1110. The van der Waals surface area contributed by atoms with E-state index in [1.165, 1.54) is 28.9 Å². The number of anilines is 2. The number of nitrogens with two attached hydrogens (primary N) is 1. The molecule has 1 aliphatic rings. The van der Waals surface area contributed by atoms with Crippen molar-refractivity contribution >= 4 is 50.4 Å². The van der Waals surface area contributed by atoms with Crippen LogP contribution < -0.4 is 16.4 Å². The Kier molecular flexibility index (Phi) is 5.16. The first-order valence-corrected chi connectivity index (χ1v) is 10.6. The second-order valence-electron chi connectivity index (χ2n) is 6.72. The molecule has 7 nitrogen and oxygen atoms in total. The maximum absolute atomic E-state index is 13.9. The van der Waals surface area contributed by atoms with Crippen molar-refractivity contribution in [2.24, 2.45) is 5.73 Å². The van der Waals surface area contributed by atoms with Crippen LogP contribution in [0.15, 0.2) is 23.0 Å². The minimum Gasteiger partial charge on any atom is -0.364 e. The number of hydrogen-bond acceptors (Lipinski definition) is 8. The van der Waals surface area contributed by atoms with E-state index in [0.717, 1.165) is 0 Å². The maximum Gasteiger partial charge on any atom is 0.264 e. The molecule has 3 aromatic rings. The largest absolute Gasteiger partial charge is 0.364 e. The topological polar surface area (TPSA) is 117 Å². The highest BCUT2D eigenvalue weighted by atomic mass is 32.1. The third-order valence-electron chi connectivity index (χ3n) is 4.82. The Balaban J connectivity index is 1.58. The number of nitrogens with one attached hydrogen (secondary N) is 2. The van der Waals surface area contributed by atoms with Crippen molar-refractivity contribution in [3.05, 3.63) is 33.5 Å². The van der Waals surface area contributed by atoms with Crippen LogP contribution in [0, 0.1) is 11.3 Å². The van der Waals surface area contributed by atoms with Gasteiger partial charge in [-0.25, -0.2) is 18.7 Å². The van der Waals surface area contributed by atoms with Crippen molar-refractivity contribution in [3.63, 3.8) is 0 Å². The minimum absolute atomic E-state index is 0.223. The van der Waals surface area contributed by atoms with Crippen LogP contribution in [0.1, 0.15) is 34.5 Å². The van der Waals surface area contributed by atoms with Crippen LogP contribution in [0.4, 0.5) is 20.3 Å². The molecule has 3 heterocycles. The van der Waals surface area contributed by atoms with E-state index in [1.807, 2.05) is 6.07 Å². The van der Waals surface area contributed by atoms with Crippen LogP contribution in [0.5, 0.6) is 0 Å². The molecule has 0 saturated heterocycles. The van der Waals surface area contributed by atoms with Gasteiger partial charge in [-0.3, -0.25) is 4.79 Å². The molecule has 1 aliphatic carbocycles. The average molecular weight is 434 g/mol. The Labute approximate surface area is 172 Å². The van der Waals surface area contributed by atoms with E-state index in [1.54, 1.807) is 16.8 Å². The fourth-order valence-electron chi connectivity index (χ4n) is 3.27. The Morgan fingerprint density at radius 2 is 2.24 bits per heavy atom. The number of aromatic nitrogens is 2. The van der Waals surface area contributed by atoms with Gasteiger partial charge in [0.05, 0.1) is 23.5 Å². The molecule has 0 bridgehead atoms. The number of fused-ring (bicyclic) bond motifs is 1. The van der Waals surface area contributed by atoms with Crippen LogP contribution in [-0.2, 0) is 0 Å². The molecular formula is C18H16F2N6OS2. The minimum atomic E-state index is -2.93. The van der Waals surface area contributed by atoms with Crippen molar-refractivity contribution < 1.29 is 13.6 Å². The van der Waals surface area contributed by atoms with E-state index >= 15 is 0 Å². The van der Waals surface area contributed by atoms with E-state index in [4.69, 9.17) is 11.0 Å². The van der Waals surface area contributed by atoms with Crippen molar-refractivity contribution in [1.82, 2.24) is 9.97 Å². The van der Waals surface area contributed by atoms with Gasteiger partial charge >= 0.3 is 0 Å². The number of carbonyl (C=O) groups is 1. The molecule has 0 radical (unpaired) electrons. The van der Waals surface area contributed by atoms with Crippen LogP contribution in [0.2, 0.25) is 0 Å². The van der Waals surface area contributed by atoms with Crippen LogP contribution in [0.25, 0.3) is 10.3 Å². The molecule has 11 heteroatoms. The first-order chi connectivity index (χ1) is 13.9. The second-order valence-corrected chi connectivity index (χ2v) is 8.49. The fraction of sp³-hybridized carbons (Fsp3) is 0.333. The molecule has 0 aromatic carbocycles. The lowest BCUT2D eigenvalue weighted by Crippen LogP contribution is -2.55. The van der Waals surface area contributed by atoms with Crippen molar-refractivity contribution in [2.45, 2.75) is 37.3 Å². The van der Waals surface area contributed by atoms with E-state index < -0.39 is 23.9 Å². The second kappa shape index (κ2) is 7.62. The summed E-state index contributed by atoms with van der Waals surface area (Å²) in [4.78, 5) is 22.3. The molecule has 4 N–H and O–H groups in total. The molecule has 1 saturated carbocycles. The SMILES string of the molecule is N#Cc1sccc1NC(=O)c1csc2ncc(N[C@@H]3CCCC(F)(F)[C@@H]3N)nc12. The van der Waals surface area contributed by atoms with E-state index in [9.17, 15) is 13.6 Å². The van der Waals surface area contributed by atoms with Gasteiger partial charge in [0, 0.05) is 17.8 Å². The van der Waals surface area contributed by atoms with Crippen molar-refractivity contribution in [2.75, 3.05) is 10.6 Å². The number of carbonyl (C=O) groups excluding carboxylic acids is 1. The van der Waals surface area contributed by atoms with Gasteiger partial charge < -0.3 is 16.4 Å². The van der Waals surface area contributed by atoms with E-state index in [2.05, 4.69) is 20.6 Å². The van der Waals surface area contributed by atoms with Crippen LogP contribution >= 0.6 is 22.7 Å². The number of rotatable bonds is 4. The maximum atomic E-state index is 13.9. The number of alkyl halides is 2. The molecule has 1 amide bonds. The average Bonchev–Trinajstić information content (AvgIpc) is 3.31. The van der Waals surface area contributed by atoms with Crippen LogP contribution in [-0.4, -0.2) is 33.9 Å². The molecule has 4 rings (SSSR count). The van der Waals surface area contributed by atoms with Gasteiger partial charge in [0.15, 0.2) is 0 Å². The summed E-state index contributed by atoms with van der Waals surface area (Å²) in [7, 11) is 0. The van der Waals surface area contributed by atoms with Gasteiger partial charge in [0.25, 0.3) is 11.8 Å². The van der Waals surface area contributed by atoms with E-state index in [0.29, 0.717) is 39.3 Å². The Morgan fingerprint density at radius 3 is 3.03 bits per heavy atom. The lowest BCUT2D eigenvalue weighted by atomic mass is 9.87. The summed E-state index contributed by atoms with van der Waals surface area (Å²) in [6.45, 7) is 0. The number of nitriles is 1. The first-order valence-electron chi connectivity index (χ1n) is 8.82. The quantitative estimate of drug-likeness (QED) is 0.575. The van der Waals surface area contributed by atoms with Crippen LogP contribution in [0.3, 0.4) is 0 Å². The summed E-state index contributed by atoms with van der Waals surface area (Å²) in [6.07, 6.45) is 2.09. The molecule has 150 valence electrons. The molecule has 1 fully saturated rings. The van der Waals surface area contributed by atoms with Gasteiger partial charge in [0.2, 0.25) is 0 Å². The summed E-state index contributed by atoms with van der Waals surface area (Å²) in [5.41, 5.74) is 6.82. The van der Waals surface area contributed by atoms with Crippen molar-refractivity contribution in [1.29, 1.82) is 5.26 Å². The summed E-state index contributed by atoms with van der Waals surface area (Å²) < 4.78 is 27.8. The number of thiophene rings is 2. The third kappa shape index (κ3) is 3.78. The number of halogens is 2. The number of hydrogen-bond donors (Lipinski definition) is 3. The number of nitrogens with zero attached hydrogens (tertiary/aromatic N) is 3. The molecule has 0 aliphatic heterocycles. The summed E-state index contributed by atoms with van der Waals surface area (Å²) in [5, 5.41) is 18.1. The zero-order valence-corrected chi connectivity index (χ0v) is 16.6. The van der Waals surface area contributed by atoms with Gasteiger partial charge in [-0.05, 0) is 24.3 Å². The smallest absolute Gasteiger partial charge is 0.264 e. The lowest BCUT2D eigenvalue weighted by molar-refractivity contribution is -0.0554. The summed E-state index contributed by atoms with van der Waals surface area (Å²) >= 11 is 2.48. The first kappa shape index (κ1) is 19.6. The molecule has 2 atom stereocenters. The third-order valence-corrected chi connectivity index (χ3v) is 6.52. The normalized spacial score (nSPS) is 20.9.